The van der Waals surface area contributed by atoms with E-state index in [9.17, 15) is 49.5 Å². The number of hydrogen-bond acceptors (Lipinski definition) is 18. The molecule has 1 aliphatic rings. The molecule has 1 fully saturated rings. The van der Waals surface area contributed by atoms with Gasteiger partial charge in [0.1, 0.15) is 46.7 Å². The second-order valence-corrected chi connectivity index (χ2v) is 13.5. The Morgan fingerprint density at radius 1 is 0.677 bits per heavy atom. The molecule has 0 spiro atoms. The van der Waals surface area contributed by atoms with Crippen LogP contribution in [0.15, 0.2) is 100 Å². The van der Waals surface area contributed by atoms with Crippen LogP contribution >= 0.6 is 0 Å². The van der Waals surface area contributed by atoms with Crippen LogP contribution in [-0.2, 0) is 42.9 Å². The summed E-state index contributed by atoms with van der Waals surface area (Å²) in [4.78, 5) is 66.3. The third kappa shape index (κ3) is 10.4. The summed E-state index contributed by atoms with van der Waals surface area (Å²) < 4.78 is 46.0. The molecule has 4 aromatic carbocycles. The average Bonchev–Trinajstić information content (AvgIpc) is 3.22. The van der Waals surface area contributed by atoms with Crippen LogP contribution in [0.4, 0.5) is 0 Å². The third-order valence-electron chi connectivity index (χ3n) is 9.05. The number of hydrogen-bond donors (Lipinski definition) is 5. The van der Waals surface area contributed by atoms with E-state index in [-0.39, 0.29) is 39.9 Å². The number of phenolic OH excluding ortho intramolecular Hbond substituents is 5. The Balaban J connectivity index is 1.47. The summed E-state index contributed by atoms with van der Waals surface area (Å²) in [5, 5.41) is 50.2. The SMILES string of the molecule is COc1cc(/C=C/C(=O)O[C@@H]2[C@@H](OC(C)=O)[C@H](OC(=O)/C=C\c3ccc(O)cc3)[C@@H](Oc3c(-c4ccc(O)cc4)oc4cc(O)cc(O)c4c3=O)O[C@H]2COC(C)=O)ccc1O. The zero-order chi connectivity index (χ0) is 44.7. The van der Waals surface area contributed by atoms with E-state index in [1.165, 1.54) is 86.0 Å². The highest BCUT2D eigenvalue weighted by Gasteiger charge is 2.54. The number of methoxy groups -OCH3 is 1. The van der Waals surface area contributed by atoms with Gasteiger partial charge in [-0.2, -0.15) is 0 Å². The number of benzene rings is 4. The van der Waals surface area contributed by atoms with Crippen molar-refractivity contribution in [3.63, 3.8) is 0 Å². The molecule has 0 bridgehead atoms. The lowest BCUT2D eigenvalue weighted by Gasteiger charge is -2.43. The van der Waals surface area contributed by atoms with Crippen LogP contribution < -0.4 is 14.9 Å². The fourth-order valence-electron chi connectivity index (χ4n) is 6.25. The first-order valence-electron chi connectivity index (χ1n) is 18.5. The van der Waals surface area contributed by atoms with Gasteiger partial charge in [0.05, 0.1) is 7.11 Å². The van der Waals surface area contributed by atoms with Gasteiger partial charge >= 0.3 is 23.9 Å². The molecule has 6 rings (SSSR count). The molecule has 1 aliphatic heterocycles. The molecule has 0 radical (unpaired) electrons. The van der Waals surface area contributed by atoms with Gasteiger partial charge in [-0.05, 0) is 71.8 Å². The summed E-state index contributed by atoms with van der Waals surface area (Å²) in [5.41, 5.74) is -0.346. The molecule has 5 aromatic rings. The fourth-order valence-corrected chi connectivity index (χ4v) is 6.25. The summed E-state index contributed by atoms with van der Waals surface area (Å²) in [6, 6.07) is 17.1. The van der Waals surface area contributed by atoms with Crippen molar-refractivity contribution in [2.45, 2.75) is 44.6 Å². The highest BCUT2D eigenvalue weighted by atomic mass is 16.7. The number of esters is 4. The summed E-state index contributed by atoms with van der Waals surface area (Å²) in [6.45, 7) is 1.41. The van der Waals surface area contributed by atoms with E-state index in [1.807, 2.05) is 0 Å². The quantitative estimate of drug-likeness (QED) is 0.0602. The molecule has 0 unspecified atom stereocenters. The van der Waals surface area contributed by atoms with Gasteiger partial charge in [-0.3, -0.25) is 14.4 Å². The maximum Gasteiger partial charge on any atom is 0.331 e. The third-order valence-corrected chi connectivity index (χ3v) is 9.05. The minimum atomic E-state index is -1.99. The minimum absolute atomic E-state index is 0.0372. The van der Waals surface area contributed by atoms with E-state index in [1.54, 1.807) is 0 Å². The highest BCUT2D eigenvalue weighted by Crippen LogP contribution is 2.39. The molecule has 5 atom stereocenters. The van der Waals surface area contributed by atoms with Gasteiger partial charge < -0.3 is 63.1 Å². The van der Waals surface area contributed by atoms with Crippen molar-refractivity contribution in [1.29, 1.82) is 0 Å². The van der Waals surface area contributed by atoms with Crippen LogP contribution in [0.1, 0.15) is 25.0 Å². The van der Waals surface area contributed by atoms with Crippen molar-refractivity contribution in [3.05, 3.63) is 112 Å². The lowest BCUT2D eigenvalue weighted by molar-refractivity contribution is -0.287. The summed E-state index contributed by atoms with van der Waals surface area (Å²) in [6.07, 6.45) is -4.42. The Morgan fingerprint density at radius 3 is 1.92 bits per heavy atom. The number of aromatic hydroxyl groups is 5. The Hall–Kier alpha value is -7.99. The molecule has 1 saturated heterocycles. The van der Waals surface area contributed by atoms with Crippen molar-refractivity contribution in [3.8, 4) is 51.6 Å². The Morgan fingerprint density at radius 2 is 1.29 bits per heavy atom. The van der Waals surface area contributed by atoms with Gasteiger partial charge in [0.15, 0.2) is 29.5 Å². The minimum Gasteiger partial charge on any atom is -0.508 e. The molecular weight excluding hydrogens is 816 g/mol. The van der Waals surface area contributed by atoms with E-state index in [0.29, 0.717) is 11.1 Å². The van der Waals surface area contributed by atoms with E-state index in [0.717, 1.165) is 38.1 Å². The summed E-state index contributed by atoms with van der Waals surface area (Å²) in [5.74, 6) is -6.37. The normalized spacial score (nSPS) is 18.6. The van der Waals surface area contributed by atoms with Crippen LogP contribution in [0, 0.1) is 0 Å². The number of ether oxygens (including phenoxy) is 7. The Bertz CT molecular complexity index is 2590. The van der Waals surface area contributed by atoms with Gasteiger partial charge in [-0.25, -0.2) is 9.59 Å². The Labute approximate surface area is 350 Å². The van der Waals surface area contributed by atoms with Gasteiger partial charge in [0.2, 0.25) is 23.6 Å². The van der Waals surface area contributed by atoms with Crippen LogP contribution in [0.2, 0.25) is 0 Å². The molecule has 0 aliphatic carbocycles. The lowest BCUT2D eigenvalue weighted by atomic mass is 9.98. The van der Waals surface area contributed by atoms with Crippen LogP contribution in [0.3, 0.4) is 0 Å². The maximum atomic E-state index is 14.3. The molecular formula is C44H38O18. The zero-order valence-electron chi connectivity index (χ0n) is 33.0. The van der Waals surface area contributed by atoms with Crippen molar-refractivity contribution in [1.82, 2.24) is 0 Å². The van der Waals surface area contributed by atoms with Crippen molar-refractivity contribution >= 4 is 47.0 Å². The first-order valence-corrected chi connectivity index (χ1v) is 18.5. The van der Waals surface area contributed by atoms with Crippen molar-refractivity contribution < 1.29 is 82.3 Å². The predicted molar refractivity (Wildman–Crippen MR) is 215 cm³/mol. The number of carbonyl (C=O) groups excluding carboxylic acids is 4. The standard InChI is InChI=1S/C44H38O18/c1-22(45)56-21-34-40(60-35(52)17-8-25-6-15-30(50)32(18-25)55-3)42(57-23(2)46)43(61-36(53)16-7-24-4-11-27(47)12-5-24)44(59-34)62-41-38(54)37-31(51)19-29(49)20-33(37)58-39(41)26-9-13-28(48)14-10-26/h4-20,34,40,42-44,47-51H,21H2,1-3H3/b16-7-,17-8+/t34-,40-,42+,43-,44+/m0/s1. The first-order chi connectivity index (χ1) is 29.6. The average molecular weight is 855 g/mol. The number of carbonyl (C=O) groups is 4. The number of rotatable bonds is 13. The molecule has 0 amide bonds. The summed E-state index contributed by atoms with van der Waals surface area (Å²) in [7, 11) is 1.33. The van der Waals surface area contributed by atoms with Gasteiger partial charge in [-0.15, -0.1) is 0 Å². The molecule has 322 valence electrons. The molecule has 18 nitrogen and oxygen atoms in total. The van der Waals surface area contributed by atoms with Crippen molar-refractivity contribution in [2.24, 2.45) is 0 Å². The smallest absolute Gasteiger partial charge is 0.331 e. The van der Waals surface area contributed by atoms with Crippen molar-refractivity contribution in [2.75, 3.05) is 13.7 Å². The zero-order valence-corrected chi connectivity index (χ0v) is 33.0. The topological polar surface area (TPSA) is 264 Å². The summed E-state index contributed by atoms with van der Waals surface area (Å²) >= 11 is 0. The van der Waals surface area contributed by atoms with Gasteiger partial charge in [0.25, 0.3) is 0 Å². The van der Waals surface area contributed by atoms with Crippen LogP contribution in [0.5, 0.6) is 40.2 Å². The lowest BCUT2D eigenvalue weighted by Crippen LogP contribution is -2.63. The monoisotopic (exact) mass is 854 g/mol. The van der Waals surface area contributed by atoms with Crippen LogP contribution in [0.25, 0.3) is 34.4 Å². The molecule has 5 N–H and O–H groups in total. The molecule has 1 aromatic heterocycles. The fraction of sp³-hybridized carbons (Fsp3) is 0.205. The maximum absolute atomic E-state index is 14.3. The van der Waals surface area contributed by atoms with E-state index in [4.69, 9.17) is 37.6 Å². The highest BCUT2D eigenvalue weighted by molar-refractivity contribution is 5.89. The van der Waals surface area contributed by atoms with Gasteiger partial charge in [-0.1, -0.05) is 18.2 Å². The van der Waals surface area contributed by atoms with Gasteiger partial charge in [0, 0.05) is 43.7 Å². The number of phenols is 5. The Kier molecular flexibility index (Phi) is 13.3. The largest absolute Gasteiger partial charge is 0.508 e. The predicted octanol–water partition coefficient (Wildman–Crippen LogP) is 4.85. The second kappa shape index (κ2) is 18.9. The molecule has 62 heavy (non-hydrogen) atoms. The van der Waals surface area contributed by atoms with E-state index < -0.39 is 89.3 Å². The molecule has 2 heterocycles. The van der Waals surface area contributed by atoms with E-state index in [2.05, 4.69) is 0 Å². The van der Waals surface area contributed by atoms with E-state index >= 15 is 0 Å². The number of fused-ring (bicyclic) bond motifs is 1. The second-order valence-electron chi connectivity index (χ2n) is 13.5. The molecule has 18 heteroatoms. The molecule has 0 saturated carbocycles. The van der Waals surface area contributed by atoms with Crippen LogP contribution in [-0.4, -0.2) is 93.8 Å². The first kappa shape index (κ1) is 43.6.